The van der Waals surface area contributed by atoms with Crippen molar-refractivity contribution in [3.8, 4) is 5.75 Å². The van der Waals surface area contributed by atoms with Gasteiger partial charge in [-0.3, -0.25) is 0 Å². The molecule has 0 aliphatic rings. The maximum absolute atomic E-state index is 12.1. The van der Waals surface area contributed by atoms with Crippen LogP contribution >= 0.6 is 0 Å². The summed E-state index contributed by atoms with van der Waals surface area (Å²) in [6.07, 6.45) is -4.17. The lowest BCUT2D eigenvalue weighted by atomic mass is 10.2. The summed E-state index contributed by atoms with van der Waals surface area (Å²) in [6, 6.07) is 5.32. The van der Waals surface area contributed by atoms with Gasteiger partial charge in [0.15, 0.2) is 5.96 Å². The van der Waals surface area contributed by atoms with Crippen LogP contribution in [0.25, 0.3) is 0 Å². The maximum atomic E-state index is 12.1. The number of sulfonamides is 1. The van der Waals surface area contributed by atoms with Gasteiger partial charge in [0, 0.05) is 20.1 Å². The van der Waals surface area contributed by atoms with Crippen molar-refractivity contribution in [3.63, 3.8) is 0 Å². The molecule has 0 aliphatic carbocycles. The standard InChI is InChI=1S/C15H23F3N4O3S/c1-3-26(23,24)22(2)10-4-9-20-14(19)21-11-12-5-7-13(8-6-12)25-15(16,17)18/h5-8H,3-4,9-11H2,1-2H3,(H3,19,20,21). The van der Waals surface area contributed by atoms with Gasteiger partial charge in [0.25, 0.3) is 0 Å². The second kappa shape index (κ2) is 9.62. The van der Waals surface area contributed by atoms with Crippen molar-refractivity contribution in [2.45, 2.75) is 26.3 Å². The molecule has 1 rings (SSSR count). The quantitative estimate of drug-likeness (QED) is 0.376. The Bertz CT molecular complexity index is 691. The van der Waals surface area contributed by atoms with Crippen molar-refractivity contribution >= 4 is 16.0 Å². The normalized spacial score (nSPS) is 13.1. The Hall–Kier alpha value is -2.01. The molecule has 0 atom stereocenters. The van der Waals surface area contributed by atoms with Crippen LogP contribution < -0.4 is 15.8 Å². The number of ether oxygens (including phenoxy) is 1. The van der Waals surface area contributed by atoms with Crippen molar-refractivity contribution in [1.29, 1.82) is 0 Å². The number of benzene rings is 1. The zero-order valence-corrected chi connectivity index (χ0v) is 15.4. The third-order valence-electron chi connectivity index (χ3n) is 3.38. The molecule has 0 radical (unpaired) electrons. The first-order chi connectivity index (χ1) is 12.0. The molecule has 3 N–H and O–H groups in total. The van der Waals surface area contributed by atoms with Gasteiger partial charge in [-0.15, -0.1) is 13.2 Å². The van der Waals surface area contributed by atoms with Crippen molar-refractivity contribution in [1.82, 2.24) is 9.62 Å². The average Bonchev–Trinajstić information content (AvgIpc) is 2.56. The number of rotatable bonds is 9. The van der Waals surface area contributed by atoms with Crippen LogP contribution in [0.3, 0.4) is 0 Å². The molecule has 0 unspecified atom stereocenters. The van der Waals surface area contributed by atoms with E-state index in [-0.39, 0.29) is 24.0 Å². The van der Waals surface area contributed by atoms with Crippen LogP contribution in [0, 0.1) is 0 Å². The molecule has 0 fully saturated rings. The Morgan fingerprint density at radius 1 is 1.31 bits per heavy atom. The number of hydrogen-bond acceptors (Lipinski definition) is 4. The van der Waals surface area contributed by atoms with Crippen LogP contribution in [-0.2, 0) is 16.6 Å². The predicted octanol–water partition coefficient (Wildman–Crippen LogP) is 1.66. The summed E-state index contributed by atoms with van der Waals surface area (Å²) in [5.74, 6) is -0.0862. The molecule has 26 heavy (non-hydrogen) atoms. The summed E-state index contributed by atoms with van der Waals surface area (Å²) in [6.45, 7) is 2.57. The van der Waals surface area contributed by atoms with E-state index in [1.165, 1.54) is 35.6 Å². The molecular formula is C15H23F3N4O3S. The lowest BCUT2D eigenvalue weighted by Crippen LogP contribution is -2.35. The first-order valence-electron chi connectivity index (χ1n) is 7.86. The molecular weight excluding hydrogens is 373 g/mol. The van der Waals surface area contributed by atoms with Crippen LogP contribution in [0.1, 0.15) is 18.9 Å². The molecule has 0 saturated heterocycles. The molecule has 0 aliphatic heterocycles. The second-order valence-corrected chi connectivity index (χ2v) is 7.76. The van der Waals surface area contributed by atoms with Gasteiger partial charge >= 0.3 is 6.36 Å². The second-order valence-electron chi connectivity index (χ2n) is 5.40. The number of aliphatic imine (C=N–C) groups is 1. The van der Waals surface area contributed by atoms with Crippen molar-refractivity contribution in [3.05, 3.63) is 29.8 Å². The molecule has 1 aromatic rings. The molecule has 1 aromatic carbocycles. The summed E-state index contributed by atoms with van der Waals surface area (Å²) in [5, 5.41) is 2.85. The van der Waals surface area contributed by atoms with E-state index >= 15 is 0 Å². The summed E-state index contributed by atoms with van der Waals surface area (Å²) in [7, 11) is -1.68. The van der Waals surface area contributed by atoms with Crippen LogP contribution in [0.4, 0.5) is 13.2 Å². The van der Waals surface area contributed by atoms with E-state index in [4.69, 9.17) is 5.73 Å². The number of nitrogens with one attached hydrogen (secondary N) is 1. The molecule has 0 bridgehead atoms. The number of nitrogens with two attached hydrogens (primary N) is 1. The number of hydrogen-bond donors (Lipinski definition) is 2. The fourth-order valence-corrected chi connectivity index (χ4v) is 2.75. The molecule has 148 valence electrons. The summed E-state index contributed by atoms with van der Waals surface area (Å²) in [5.41, 5.74) is 6.36. The van der Waals surface area contributed by atoms with Gasteiger partial charge in [-0.2, -0.15) is 0 Å². The monoisotopic (exact) mass is 396 g/mol. The Kier molecular flexibility index (Phi) is 8.15. The Labute approximate surface area is 151 Å². The molecule has 0 saturated carbocycles. The third kappa shape index (κ3) is 8.39. The molecule has 0 spiro atoms. The topological polar surface area (TPSA) is 97.0 Å². The fourth-order valence-electron chi connectivity index (χ4n) is 1.91. The highest BCUT2D eigenvalue weighted by Gasteiger charge is 2.30. The maximum Gasteiger partial charge on any atom is 0.573 e. The SMILES string of the molecule is CCS(=O)(=O)N(C)CCCNC(N)=NCc1ccc(OC(F)(F)F)cc1. The summed E-state index contributed by atoms with van der Waals surface area (Å²) in [4.78, 5) is 4.07. The number of alkyl halides is 3. The summed E-state index contributed by atoms with van der Waals surface area (Å²) < 4.78 is 64.4. The Morgan fingerprint density at radius 2 is 1.92 bits per heavy atom. The largest absolute Gasteiger partial charge is 0.573 e. The van der Waals surface area contributed by atoms with E-state index < -0.39 is 16.4 Å². The lowest BCUT2D eigenvalue weighted by molar-refractivity contribution is -0.274. The highest BCUT2D eigenvalue weighted by molar-refractivity contribution is 7.89. The van der Waals surface area contributed by atoms with Crippen molar-refractivity contribution in [2.75, 3.05) is 25.9 Å². The Morgan fingerprint density at radius 3 is 2.46 bits per heavy atom. The highest BCUT2D eigenvalue weighted by Crippen LogP contribution is 2.22. The van der Waals surface area contributed by atoms with Crippen LogP contribution in [0.5, 0.6) is 5.75 Å². The first kappa shape index (κ1) is 22.0. The van der Waals surface area contributed by atoms with E-state index in [1.54, 1.807) is 6.92 Å². The minimum atomic E-state index is -4.72. The lowest BCUT2D eigenvalue weighted by Gasteiger charge is -2.15. The first-order valence-corrected chi connectivity index (χ1v) is 9.47. The van der Waals surface area contributed by atoms with Gasteiger partial charge in [-0.05, 0) is 31.0 Å². The van der Waals surface area contributed by atoms with E-state index in [9.17, 15) is 21.6 Å². The van der Waals surface area contributed by atoms with Crippen LogP contribution in [0.15, 0.2) is 29.3 Å². The molecule has 7 nitrogen and oxygen atoms in total. The average molecular weight is 396 g/mol. The molecule has 0 aromatic heterocycles. The third-order valence-corrected chi connectivity index (χ3v) is 5.25. The van der Waals surface area contributed by atoms with Gasteiger partial charge in [0.1, 0.15) is 5.75 Å². The van der Waals surface area contributed by atoms with E-state index in [0.29, 0.717) is 25.1 Å². The highest BCUT2D eigenvalue weighted by atomic mass is 32.2. The number of guanidine groups is 1. The Balaban J connectivity index is 2.37. The molecule has 0 amide bonds. The van der Waals surface area contributed by atoms with E-state index in [2.05, 4.69) is 15.0 Å². The van der Waals surface area contributed by atoms with Crippen LogP contribution in [-0.4, -0.2) is 50.9 Å². The minimum Gasteiger partial charge on any atom is -0.406 e. The zero-order valence-electron chi connectivity index (χ0n) is 14.6. The van der Waals surface area contributed by atoms with Crippen LogP contribution in [0.2, 0.25) is 0 Å². The van der Waals surface area contributed by atoms with E-state index in [0.717, 1.165) is 0 Å². The van der Waals surface area contributed by atoms with Gasteiger partial charge in [-0.1, -0.05) is 12.1 Å². The predicted molar refractivity (Wildman–Crippen MR) is 93.2 cm³/mol. The van der Waals surface area contributed by atoms with Gasteiger partial charge in [0.05, 0.1) is 12.3 Å². The van der Waals surface area contributed by atoms with Gasteiger partial charge in [0.2, 0.25) is 10.0 Å². The smallest absolute Gasteiger partial charge is 0.406 e. The number of halogens is 3. The van der Waals surface area contributed by atoms with Gasteiger partial charge in [-0.25, -0.2) is 17.7 Å². The number of nitrogens with zero attached hydrogens (tertiary/aromatic N) is 2. The zero-order chi connectivity index (χ0) is 19.8. The van der Waals surface area contributed by atoms with Crippen molar-refractivity contribution in [2.24, 2.45) is 10.7 Å². The summed E-state index contributed by atoms with van der Waals surface area (Å²) >= 11 is 0. The van der Waals surface area contributed by atoms with Crippen molar-refractivity contribution < 1.29 is 26.3 Å². The van der Waals surface area contributed by atoms with Gasteiger partial charge < -0.3 is 15.8 Å². The molecule has 0 heterocycles. The minimum absolute atomic E-state index is 0.0489. The van der Waals surface area contributed by atoms with E-state index in [1.807, 2.05) is 0 Å². The molecule has 11 heteroatoms. The fraction of sp³-hybridized carbons (Fsp3) is 0.533.